The van der Waals surface area contributed by atoms with E-state index in [0.717, 1.165) is 16.7 Å². The molecule has 0 saturated heterocycles. The van der Waals surface area contributed by atoms with E-state index in [0.29, 0.717) is 17.0 Å². The molecule has 0 aliphatic rings. The van der Waals surface area contributed by atoms with Crippen LogP contribution in [-0.2, 0) is 16.9 Å². The molecular formula is C27H25N5O2. The van der Waals surface area contributed by atoms with Gasteiger partial charge in [-0.05, 0) is 16.7 Å². The minimum atomic E-state index is -0.894. The van der Waals surface area contributed by atoms with Crippen LogP contribution >= 0.6 is 0 Å². The summed E-state index contributed by atoms with van der Waals surface area (Å²) in [5.74, 6) is 0.311. The molecule has 0 saturated carbocycles. The summed E-state index contributed by atoms with van der Waals surface area (Å²) in [5, 5.41) is 11.0. The van der Waals surface area contributed by atoms with Crippen molar-refractivity contribution < 1.29 is 9.84 Å². The Morgan fingerprint density at radius 1 is 0.794 bits per heavy atom. The van der Waals surface area contributed by atoms with E-state index in [9.17, 15) is 5.11 Å². The van der Waals surface area contributed by atoms with Gasteiger partial charge in [-0.2, -0.15) is 0 Å². The van der Waals surface area contributed by atoms with E-state index in [1.807, 2.05) is 54.6 Å². The molecule has 3 N–H and O–H groups in total. The number of nitrogens with zero attached hydrogens (tertiary/aromatic N) is 4. The van der Waals surface area contributed by atoms with Crippen molar-refractivity contribution in [1.82, 2.24) is 19.5 Å². The number of fused-ring (bicyclic) bond motifs is 1. The lowest BCUT2D eigenvalue weighted by Gasteiger charge is -2.36. The highest BCUT2D eigenvalue weighted by Gasteiger charge is 2.38. The predicted octanol–water partition coefficient (Wildman–Crippen LogP) is 3.78. The Morgan fingerprint density at radius 2 is 1.32 bits per heavy atom. The van der Waals surface area contributed by atoms with Crippen molar-refractivity contribution in [1.29, 1.82) is 0 Å². The van der Waals surface area contributed by atoms with E-state index in [1.165, 1.54) is 6.33 Å². The highest BCUT2D eigenvalue weighted by atomic mass is 16.5. The topological polar surface area (TPSA) is 99.1 Å². The molecule has 2 heterocycles. The second-order valence-corrected chi connectivity index (χ2v) is 8.07. The molecule has 0 aliphatic carbocycles. The maximum absolute atomic E-state index is 11.0. The fourth-order valence-electron chi connectivity index (χ4n) is 4.30. The maximum Gasteiger partial charge on any atom is 0.165 e. The monoisotopic (exact) mass is 451 g/mol. The van der Waals surface area contributed by atoms with Gasteiger partial charge in [0.2, 0.25) is 0 Å². The first-order chi connectivity index (χ1) is 16.7. The summed E-state index contributed by atoms with van der Waals surface area (Å²) in [4.78, 5) is 12.5. The molecule has 170 valence electrons. The number of rotatable bonds is 8. The van der Waals surface area contributed by atoms with Crippen molar-refractivity contribution in [2.24, 2.45) is 0 Å². The van der Waals surface area contributed by atoms with Gasteiger partial charge in [0.05, 0.1) is 25.6 Å². The SMILES string of the molecule is Nc1ncnc2c1ncn2CC(O)COC(c1ccccc1)(c1ccccc1)c1ccccc1. The van der Waals surface area contributed by atoms with Crippen LogP contribution in [0.25, 0.3) is 11.2 Å². The number of benzene rings is 3. The van der Waals surface area contributed by atoms with E-state index < -0.39 is 11.7 Å². The largest absolute Gasteiger partial charge is 0.389 e. The third-order valence-electron chi connectivity index (χ3n) is 5.87. The van der Waals surface area contributed by atoms with E-state index in [1.54, 1.807) is 10.9 Å². The zero-order valence-corrected chi connectivity index (χ0v) is 18.5. The first-order valence-corrected chi connectivity index (χ1v) is 11.1. The number of imidazole rings is 1. The van der Waals surface area contributed by atoms with E-state index in [4.69, 9.17) is 10.5 Å². The minimum Gasteiger partial charge on any atom is -0.389 e. The van der Waals surface area contributed by atoms with Crippen molar-refractivity contribution in [3.05, 3.63) is 120 Å². The van der Waals surface area contributed by atoms with Crippen molar-refractivity contribution >= 4 is 17.0 Å². The predicted molar refractivity (Wildman–Crippen MR) is 131 cm³/mol. The summed E-state index contributed by atoms with van der Waals surface area (Å²) in [7, 11) is 0. The number of ether oxygens (including phenoxy) is 1. The van der Waals surface area contributed by atoms with Crippen LogP contribution in [0.3, 0.4) is 0 Å². The number of nitrogen functional groups attached to an aromatic ring is 1. The van der Waals surface area contributed by atoms with Crippen LogP contribution in [0.5, 0.6) is 0 Å². The molecule has 1 unspecified atom stereocenters. The summed E-state index contributed by atoms with van der Waals surface area (Å²) >= 11 is 0. The molecule has 1 atom stereocenters. The van der Waals surface area contributed by atoms with Gasteiger partial charge in [-0.3, -0.25) is 0 Å². The third kappa shape index (κ3) is 4.03. The smallest absolute Gasteiger partial charge is 0.165 e. The Balaban J connectivity index is 1.50. The van der Waals surface area contributed by atoms with Crippen molar-refractivity contribution in [2.45, 2.75) is 18.2 Å². The maximum atomic E-state index is 11.0. The van der Waals surface area contributed by atoms with E-state index in [-0.39, 0.29) is 13.2 Å². The van der Waals surface area contributed by atoms with E-state index in [2.05, 4.69) is 51.4 Å². The second-order valence-electron chi connectivity index (χ2n) is 8.07. The molecule has 5 aromatic rings. The number of anilines is 1. The second kappa shape index (κ2) is 9.43. The Labute approximate surface area is 197 Å². The van der Waals surface area contributed by atoms with Crippen LogP contribution in [0.4, 0.5) is 5.82 Å². The standard InChI is InChI=1S/C27H25N5O2/c28-25-24-26(30-18-29-25)32(19-31-24)16-23(33)17-34-27(20-10-4-1-5-11-20,21-12-6-2-7-13-21)22-14-8-3-9-15-22/h1-15,18-19,23,33H,16-17H2,(H2,28,29,30). The molecule has 7 heteroatoms. The van der Waals surface area contributed by atoms with Gasteiger partial charge in [-0.25, -0.2) is 15.0 Å². The molecule has 3 aromatic carbocycles. The normalized spacial score (nSPS) is 12.6. The third-order valence-corrected chi connectivity index (χ3v) is 5.87. The fourth-order valence-corrected chi connectivity index (χ4v) is 4.30. The summed E-state index contributed by atoms with van der Waals surface area (Å²) in [6.45, 7) is 0.334. The summed E-state index contributed by atoms with van der Waals surface area (Å²) < 4.78 is 8.45. The van der Waals surface area contributed by atoms with Gasteiger partial charge >= 0.3 is 0 Å². The lowest BCUT2D eigenvalue weighted by Crippen LogP contribution is -2.36. The number of aromatic nitrogens is 4. The Hall–Kier alpha value is -4.07. The number of hydrogen-bond acceptors (Lipinski definition) is 6. The first-order valence-electron chi connectivity index (χ1n) is 11.1. The number of hydrogen-bond donors (Lipinski definition) is 2. The quantitative estimate of drug-likeness (QED) is 0.349. The fraction of sp³-hybridized carbons (Fsp3) is 0.148. The molecule has 0 amide bonds. The molecule has 7 nitrogen and oxygen atoms in total. The summed E-state index contributed by atoms with van der Waals surface area (Å²) in [6.07, 6.45) is 2.19. The van der Waals surface area contributed by atoms with Gasteiger partial charge in [0.1, 0.15) is 17.4 Å². The highest BCUT2D eigenvalue weighted by Crippen LogP contribution is 2.40. The molecule has 0 spiro atoms. The number of aliphatic hydroxyl groups excluding tert-OH is 1. The molecule has 0 fully saturated rings. The van der Waals surface area contributed by atoms with Crippen molar-refractivity contribution in [3.8, 4) is 0 Å². The number of nitrogens with two attached hydrogens (primary N) is 1. The van der Waals surface area contributed by atoms with Crippen LogP contribution in [0.1, 0.15) is 16.7 Å². The Morgan fingerprint density at radius 3 is 1.85 bits per heavy atom. The molecule has 0 bridgehead atoms. The molecule has 0 radical (unpaired) electrons. The van der Waals surface area contributed by atoms with Crippen LogP contribution in [-0.4, -0.2) is 37.3 Å². The van der Waals surface area contributed by atoms with Gasteiger partial charge in [0.15, 0.2) is 11.5 Å². The molecule has 0 aliphatic heterocycles. The van der Waals surface area contributed by atoms with E-state index >= 15 is 0 Å². The highest BCUT2D eigenvalue weighted by molar-refractivity contribution is 5.81. The first kappa shape index (κ1) is 21.8. The van der Waals surface area contributed by atoms with Crippen molar-refractivity contribution in [3.63, 3.8) is 0 Å². The lowest BCUT2D eigenvalue weighted by molar-refractivity contribution is -0.0420. The molecule has 34 heavy (non-hydrogen) atoms. The van der Waals surface area contributed by atoms with Gasteiger partial charge in [-0.1, -0.05) is 91.0 Å². The average Bonchev–Trinajstić information content (AvgIpc) is 3.30. The molecule has 5 rings (SSSR count). The Bertz CT molecular complexity index is 1260. The van der Waals surface area contributed by atoms with Crippen LogP contribution in [0, 0.1) is 0 Å². The van der Waals surface area contributed by atoms with Gasteiger partial charge in [-0.15, -0.1) is 0 Å². The zero-order valence-electron chi connectivity index (χ0n) is 18.5. The van der Waals surface area contributed by atoms with Crippen molar-refractivity contribution in [2.75, 3.05) is 12.3 Å². The van der Waals surface area contributed by atoms with Crippen LogP contribution in [0.15, 0.2) is 104 Å². The zero-order chi connectivity index (χ0) is 23.4. The van der Waals surface area contributed by atoms with Crippen LogP contribution in [0.2, 0.25) is 0 Å². The average molecular weight is 452 g/mol. The molecule has 2 aromatic heterocycles. The summed E-state index contributed by atoms with van der Waals surface area (Å²) in [6, 6.07) is 30.2. The Kier molecular flexibility index (Phi) is 6.03. The van der Waals surface area contributed by atoms with Crippen LogP contribution < -0.4 is 5.73 Å². The lowest BCUT2D eigenvalue weighted by atomic mass is 9.80. The van der Waals surface area contributed by atoms with Gasteiger partial charge in [0.25, 0.3) is 0 Å². The number of aliphatic hydroxyl groups is 1. The molecular weight excluding hydrogens is 426 g/mol. The minimum absolute atomic E-state index is 0.0823. The van der Waals surface area contributed by atoms with Gasteiger partial charge in [0, 0.05) is 0 Å². The summed E-state index contributed by atoms with van der Waals surface area (Å²) in [5.41, 5.74) is 9.03. The van der Waals surface area contributed by atoms with Gasteiger partial charge < -0.3 is 20.1 Å².